The molecule has 2 amide bonds. The first kappa shape index (κ1) is 19.8. The van der Waals surface area contributed by atoms with Crippen LogP contribution >= 0.6 is 11.8 Å². The van der Waals surface area contributed by atoms with E-state index in [-0.39, 0.29) is 41.9 Å². The van der Waals surface area contributed by atoms with Crippen molar-refractivity contribution in [2.24, 2.45) is 0 Å². The van der Waals surface area contributed by atoms with Crippen LogP contribution in [0.5, 0.6) is 5.75 Å². The SMILES string of the molecule is CC1=C(C(=O)[O-])N2C(=O)C(NC(=O)COc3ccccc3)[C@H]2SC1.[Na+]. The molecule has 126 valence electrons. The Hall–Kier alpha value is -1.48. The van der Waals surface area contributed by atoms with Crippen molar-refractivity contribution in [2.75, 3.05) is 12.4 Å². The molecule has 9 heteroatoms. The van der Waals surface area contributed by atoms with E-state index >= 15 is 0 Å². The van der Waals surface area contributed by atoms with Crippen LogP contribution in [0.25, 0.3) is 0 Å². The summed E-state index contributed by atoms with van der Waals surface area (Å²) in [6, 6.07) is 8.11. The normalized spacial score (nSPS) is 21.6. The molecule has 0 spiro atoms. The molecular formula is C16H15N2NaO5S. The molecule has 3 rings (SSSR count). The third-order valence-electron chi connectivity index (χ3n) is 3.78. The van der Waals surface area contributed by atoms with Gasteiger partial charge in [-0.3, -0.25) is 14.5 Å². The van der Waals surface area contributed by atoms with Gasteiger partial charge in [0.1, 0.15) is 17.2 Å². The van der Waals surface area contributed by atoms with Crippen molar-refractivity contribution >= 4 is 29.5 Å². The number of thioether (sulfide) groups is 1. The van der Waals surface area contributed by atoms with E-state index in [0.29, 0.717) is 17.1 Å². The number of carbonyl (C=O) groups is 3. The summed E-state index contributed by atoms with van der Waals surface area (Å²) in [6.07, 6.45) is 0. The Bertz CT molecular complexity index is 724. The molecule has 0 aliphatic carbocycles. The third-order valence-corrected chi connectivity index (χ3v) is 5.21. The van der Waals surface area contributed by atoms with Crippen LogP contribution in [0.1, 0.15) is 6.92 Å². The summed E-state index contributed by atoms with van der Waals surface area (Å²) in [5.41, 5.74) is 0.497. The maximum absolute atomic E-state index is 12.2. The number of aliphatic carboxylic acids is 1. The van der Waals surface area contributed by atoms with Crippen molar-refractivity contribution in [3.8, 4) is 5.75 Å². The van der Waals surface area contributed by atoms with Gasteiger partial charge in [0.25, 0.3) is 11.8 Å². The number of carbonyl (C=O) groups excluding carboxylic acids is 3. The summed E-state index contributed by atoms with van der Waals surface area (Å²) >= 11 is 1.41. The maximum atomic E-state index is 12.2. The van der Waals surface area contributed by atoms with Crippen LogP contribution < -0.4 is 44.7 Å². The molecule has 7 nitrogen and oxygen atoms in total. The topological polar surface area (TPSA) is 98.8 Å². The van der Waals surface area contributed by atoms with Crippen LogP contribution in [0.2, 0.25) is 0 Å². The second kappa shape index (κ2) is 8.27. The number of carboxylic acids is 1. The summed E-state index contributed by atoms with van der Waals surface area (Å²) in [7, 11) is 0. The molecule has 25 heavy (non-hydrogen) atoms. The Morgan fingerprint density at radius 1 is 1.36 bits per heavy atom. The molecule has 1 saturated heterocycles. The Labute approximate surface area is 171 Å². The fraction of sp³-hybridized carbons (Fsp3) is 0.312. The fourth-order valence-corrected chi connectivity index (χ4v) is 3.94. The van der Waals surface area contributed by atoms with Crippen molar-refractivity contribution < 1.29 is 53.8 Å². The first-order valence-electron chi connectivity index (χ1n) is 7.32. The molecule has 0 saturated carbocycles. The van der Waals surface area contributed by atoms with E-state index in [0.717, 1.165) is 0 Å². The average Bonchev–Trinajstić information content (AvgIpc) is 2.58. The number of ether oxygens (including phenoxy) is 1. The van der Waals surface area contributed by atoms with E-state index in [2.05, 4.69) is 5.32 Å². The van der Waals surface area contributed by atoms with E-state index in [1.54, 1.807) is 31.2 Å². The molecule has 2 atom stereocenters. The number of rotatable bonds is 5. The van der Waals surface area contributed by atoms with Gasteiger partial charge in [0, 0.05) is 5.75 Å². The monoisotopic (exact) mass is 370 g/mol. The molecule has 1 aromatic carbocycles. The summed E-state index contributed by atoms with van der Waals surface area (Å²) < 4.78 is 5.33. The van der Waals surface area contributed by atoms with Gasteiger partial charge in [-0.25, -0.2) is 0 Å². The third kappa shape index (κ3) is 4.03. The zero-order valence-corrected chi connectivity index (χ0v) is 16.7. The van der Waals surface area contributed by atoms with Gasteiger partial charge in [-0.05, 0) is 24.6 Å². The minimum absolute atomic E-state index is 0. The number of para-hydroxylation sites is 1. The van der Waals surface area contributed by atoms with Gasteiger partial charge in [-0.15, -0.1) is 11.8 Å². The standard InChI is InChI=1S/C16H16N2O5S.Na/c1-9-8-24-15-12(14(20)18(15)13(9)16(21)22)17-11(19)7-23-10-5-3-2-4-6-10;/h2-6,12,15H,7-8H2,1H3,(H,17,19)(H,21,22);/q;+1/p-1/t12?,15-;/m1./s1. The molecule has 1 fully saturated rings. The number of hydrogen-bond acceptors (Lipinski definition) is 6. The number of carboxylic acid groups (broad SMARTS) is 1. The number of nitrogens with zero attached hydrogens (tertiary/aromatic N) is 1. The molecule has 2 heterocycles. The Morgan fingerprint density at radius 2 is 2.04 bits per heavy atom. The van der Waals surface area contributed by atoms with Gasteiger partial charge in [0.05, 0.1) is 11.7 Å². The quantitative estimate of drug-likeness (QED) is 0.427. The van der Waals surface area contributed by atoms with Crippen molar-refractivity contribution in [2.45, 2.75) is 18.3 Å². The van der Waals surface area contributed by atoms with Gasteiger partial charge in [-0.2, -0.15) is 0 Å². The van der Waals surface area contributed by atoms with Crippen molar-refractivity contribution in [1.82, 2.24) is 10.2 Å². The number of nitrogens with one attached hydrogen (secondary N) is 1. The van der Waals surface area contributed by atoms with Gasteiger partial charge in [0.15, 0.2) is 6.61 Å². The summed E-state index contributed by atoms with van der Waals surface area (Å²) in [5, 5.41) is 13.4. The second-order valence-corrected chi connectivity index (χ2v) is 6.58. The summed E-state index contributed by atoms with van der Waals surface area (Å²) in [4.78, 5) is 36.6. The number of β-lactam (4-membered cyclic amide) rings is 1. The minimum atomic E-state index is -1.37. The van der Waals surface area contributed by atoms with E-state index in [1.165, 1.54) is 16.7 Å². The predicted octanol–water partition coefficient (Wildman–Crippen LogP) is -3.51. The molecule has 0 radical (unpaired) electrons. The van der Waals surface area contributed by atoms with Gasteiger partial charge >= 0.3 is 29.6 Å². The van der Waals surface area contributed by atoms with Crippen LogP contribution in [-0.4, -0.2) is 46.5 Å². The predicted molar refractivity (Wildman–Crippen MR) is 84.7 cm³/mol. The van der Waals surface area contributed by atoms with Crippen molar-refractivity contribution in [1.29, 1.82) is 0 Å². The van der Waals surface area contributed by atoms with Gasteiger partial charge in [0.2, 0.25) is 0 Å². The Kier molecular flexibility index (Phi) is 6.56. The van der Waals surface area contributed by atoms with E-state index in [1.807, 2.05) is 6.07 Å². The molecule has 2 aliphatic heterocycles. The van der Waals surface area contributed by atoms with Crippen LogP contribution in [0.4, 0.5) is 0 Å². The number of amides is 2. The zero-order chi connectivity index (χ0) is 17.3. The van der Waals surface area contributed by atoms with Crippen LogP contribution in [0, 0.1) is 0 Å². The van der Waals surface area contributed by atoms with E-state index in [9.17, 15) is 19.5 Å². The Balaban J connectivity index is 0.00000225. The average molecular weight is 370 g/mol. The zero-order valence-electron chi connectivity index (χ0n) is 13.9. The smallest absolute Gasteiger partial charge is 0.543 e. The van der Waals surface area contributed by atoms with Gasteiger partial charge < -0.3 is 20.0 Å². The second-order valence-electron chi connectivity index (χ2n) is 5.47. The molecule has 2 aliphatic rings. The van der Waals surface area contributed by atoms with E-state index < -0.39 is 29.2 Å². The maximum Gasteiger partial charge on any atom is 1.00 e. The number of fused-ring (bicyclic) bond motifs is 1. The summed E-state index contributed by atoms with van der Waals surface area (Å²) in [6.45, 7) is 1.44. The Morgan fingerprint density at radius 3 is 2.68 bits per heavy atom. The minimum Gasteiger partial charge on any atom is -0.543 e. The van der Waals surface area contributed by atoms with Crippen LogP contribution in [-0.2, 0) is 14.4 Å². The molecule has 0 aromatic heterocycles. The van der Waals surface area contributed by atoms with E-state index in [4.69, 9.17) is 4.74 Å². The van der Waals surface area contributed by atoms with Crippen molar-refractivity contribution in [3.63, 3.8) is 0 Å². The number of hydrogen-bond donors (Lipinski definition) is 1. The first-order chi connectivity index (χ1) is 11.5. The molecule has 1 N–H and O–H groups in total. The molecular weight excluding hydrogens is 355 g/mol. The molecule has 1 unspecified atom stereocenters. The summed E-state index contributed by atoms with van der Waals surface area (Å²) in [5.74, 6) is -1.22. The van der Waals surface area contributed by atoms with Gasteiger partial charge in [-0.1, -0.05) is 18.2 Å². The number of benzene rings is 1. The molecule has 1 aromatic rings. The first-order valence-corrected chi connectivity index (χ1v) is 8.37. The molecule has 0 bridgehead atoms. The van der Waals surface area contributed by atoms with Crippen molar-refractivity contribution in [3.05, 3.63) is 41.6 Å². The largest absolute Gasteiger partial charge is 1.00 e. The van der Waals surface area contributed by atoms with Crippen LogP contribution in [0.3, 0.4) is 0 Å². The van der Waals surface area contributed by atoms with Crippen LogP contribution in [0.15, 0.2) is 41.6 Å². The fourth-order valence-electron chi connectivity index (χ4n) is 2.64.